The van der Waals surface area contributed by atoms with Crippen LogP contribution in [0.2, 0.25) is 10.0 Å². The lowest BCUT2D eigenvalue weighted by molar-refractivity contribution is -0.168. The van der Waals surface area contributed by atoms with Gasteiger partial charge in [-0.1, -0.05) is 23.2 Å². The Morgan fingerprint density at radius 1 is 0.833 bits per heavy atom. The van der Waals surface area contributed by atoms with Crippen LogP contribution in [0, 0.1) is 11.6 Å². The molecule has 3 fully saturated rings. The van der Waals surface area contributed by atoms with E-state index >= 15 is 0 Å². The molecule has 42 heavy (non-hydrogen) atoms. The molecular weight excluding hydrogens is 601 g/mol. The Bertz CT molecular complexity index is 1370. The Morgan fingerprint density at radius 3 is 1.86 bits per heavy atom. The van der Waals surface area contributed by atoms with Gasteiger partial charge >= 0.3 is 11.9 Å². The van der Waals surface area contributed by atoms with Gasteiger partial charge in [-0.25, -0.2) is 8.78 Å². The Labute approximate surface area is 249 Å². The second kappa shape index (κ2) is 13.1. The summed E-state index contributed by atoms with van der Waals surface area (Å²) in [6, 6.07) is 7.55. The number of nitrogens with one attached hydrogen (secondary N) is 2. The minimum Gasteiger partial charge on any atom is -0.484 e. The van der Waals surface area contributed by atoms with Crippen LogP contribution in [0.3, 0.4) is 0 Å². The molecule has 5 rings (SSSR count). The standard InChI is InChI=1S/C28H28Cl2F2N2O8/c29-18-3-1-16(11-20(18)31)40-14-23(35)33-27-7-9-28(10-8-27,22(13-27)42-26(39)6-5-25(37)38)34-24(36)15-41-17-2-4-19(30)21(32)12-17/h1-4,11-12,22H,5-10,13-15H2,(H,33,35)(H,34,36)(H,37,38). The Hall–Kier alpha value is -3.64. The van der Waals surface area contributed by atoms with Gasteiger partial charge in [-0.3, -0.25) is 19.2 Å². The molecule has 0 heterocycles. The first kappa shape index (κ1) is 31.3. The number of aliphatic carboxylic acids is 1. The molecule has 0 radical (unpaired) electrons. The maximum Gasteiger partial charge on any atom is 0.306 e. The van der Waals surface area contributed by atoms with Gasteiger partial charge < -0.3 is 30.0 Å². The van der Waals surface area contributed by atoms with Crippen LogP contribution in [0.4, 0.5) is 8.78 Å². The maximum atomic E-state index is 13.7. The molecule has 0 spiro atoms. The first-order valence-corrected chi connectivity index (χ1v) is 13.8. The predicted molar refractivity (Wildman–Crippen MR) is 145 cm³/mol. The minimum absolute atomic E-state index is 0.0833. The molecule has 3 aliphatic rings. The van der Waals surface area contributed by atoms with Crippen LogP contribution in [0.1, 0.15) is 44.9 Å². The van der Waals surface area contributed by atoms with Gasteiger partial charge in [0.25, 0.3) is 11.8 Å². The van der Waals surface area contributed by atoms with Crippen molar-refractivity contribution in [3.63, 3.8) is 0 Å². The first-order valence-electron chi connectivity index (χ1n) is 13.1. The fraction of sp³-hybridized carbons (Fsp3) is 0.429. The number of carboxylic acid groups (broad SMARTS) is 1. The van der Waals surface area contributed by atoms with Gasteiger partial charge in [0, 0.05) is 24.1 Å². The van der Waals surface area contributed by atoms with Crippen LogP contribution in [0.25, 0.3) is 0 Å². The van der Waals surface area contributed by atoms with Crippen molar-refractivity contribution in [3.05, 3.63) is 58.1 Å². The number of carbonyl (C=O) groups is 4. The molecular formula is C28H28Cl2F2N2O8. The van der Waals surface area contributed by atoms with Crippen molar-refractivity contribution in [2.75, 3.05) is 13.2 Å². The summed E-state index contributed by atoms with van der Waals surface area (Å²) in [6.45, 7) is -0.858. The smallest absolute Gasteiger partial charge is 0.306 e. The first-order chi connectivity index (χ1) is 19.9. The van der Waals surface area contributed by atoms with Crippen LogP contribution in [0.5, 0.6) is 11.5 Å². The molecule has 1 unspecified atom stereocenters. The lowest BCUT2D eigenvalue weighted by Crippen LogP contribution is -2.71. The monoisotopic (exact) mass is 628 g/mol. The number of ether oxygens (including phenoxy) is 3. The van der Waals surface area contributed by atoms with Crippen LogP contribution in [-0.4, -0.2) is 59.3 Å². The topological polar surface area (TPSA) is 140 Å². The molecule has 226 valence electrons. The number of fused-ring (bicyclic) bond motifs is 3. The predicted octanol–water partition coefficient (Wildman–Crippen LogP) is 4.19. The molecule has 2 aromatic rings. The highest BCUT2D eigenvalue weighted by atomic mass is 35.5. The van der Waals surface area contributed by atoms with E-state index in [0.29, 0.717) is 25.7 Å². The SMILES string of the molecule is O=C(O)CCC(=O)OC1CC2(NC(=O)COc3ccc(Cl)c(F)c3)CCC1(NC(=O)COc1ccc(Cl)c(F)c1)CC2. The fourth-order valence-corrected chi connectivity index (χ4v) is 5.53. The Morgan fingerprint density at radius 2 is 1.36 bits per heavy atom. The van der Waals surface area contributed by atoms with Gasteiger partial charge in [0.15, 0.2) is 13.2 Å². The lowest BCUT2D eigenvalue weighted by Gasteiger charge is -2.57. The van der Waals surface area contributed by atoms with Crippen LogP contribution in [0.15, 0.2) is 36.4 Å². The third-order valence-corrected chi connectivity index (χ3v) is 8.04. The third-order valence-electron chi connectivity index (χ3n) is 7.42. The van der Waals surface area contributed by atoms with E-state index in [1.807, 2.05) is 0 Å². The number of carbonyl (C=O) groups excluding carboxylic acids is 3. The second-order valence-corrected chi connectivity index (χ2v) is 11.2. The zero-order chi connectivity index (χ0) is 30.5. The number of rotatable bonds is 12. The average molecular weight is 629 g/mol. The summed E-state index contributed by atoms with van der Waals surface area (Å²) >= 11 is 11.3. The van der Waals surface area contributed by atoms with Gasteiger partial charge in [-0.2, -0.15) is 0 Å². The fourth-order valence-electron chi connectivity index (χ4n) is 5.29. The van der Waals surface area contributed by atoms with Gasteiger partial charge in [0.1, 0.15) is 29.2 Å². The van der Waals surface area contributed by atoms with E-state index in [1.54, 1.807) is 0 Å². The lowest BCUT2D eigenvalue weighted by atomic mass is 9.59. The number of halogens is 4. The molecule has 2 aromatic carbocycles. The summed E-state index contributed by atoms with van der Waals surface area (Å²) < 4.78 is 43.9. The summed E-state index contributed by atoms with van der Waals surface area (Å²) in [5.41, 5.74) is -1.78. The van der Waals surface area contributed by atoms with E-state index in [1.165, 1.54) is 24.3 Å². The van der Waals surface area contributed by atoms with E-state index in [0.717, 1.165) is 12.1 Å². The van der Waals surface area contributed by atoms with Crippen molar-refractivity contribution >= 4 is 47.0 Å². The van der Waals surface area contributed by atoms with E-state index in [-0.39, 0.29) is 34.4 Å². The highest BCUT2D eigenvalue weighted by Crippen LogP contribution is 2.48. The second-order valence-electron chi connectivity index (χ2n) is 10.3. The molecule has 14 heteroatoms. The van der Waals surface area contributed by atoms with Gasteiger partial charge in [-0.05, 0) is 49.9 Å². The normalized spacial score (nSPS) is 22.6. The molecule has 3 aliphatic carbocycles. The van der Waals surface area contributed by atoms with Crippen LogP contribution in [-0.2, 0) is 23.9 Å². The van der Waals surface area contributed by atoms with E-state index in [4.69, 9.17) is 42.5 Å². The van der Waals surface area contributed by atoms with Crippen molar-refractivity contribution in [3.8, 4) is 11.5 Å². The summed E-state index contributed by atoms with van der Waals surface area (Å²) in [7, 11) is 0. The molecule has 3 saturated carbocycles. The quantitative estimate of drug-likeness (QED) is 0.297. The molecule has 0 aliphatic heterocycles. The van der Waals surface area contributed by atoms with Crippen molar-refractivity contribution in [1.29, 1.82) is 0 Å². The zero-order valence-electron chi connectivity index (χ0n) is 22.2. The average Bonchev–Trinajstić information content (AvgIpc) is 2.94. The highest BCUT2D eigenvalue weighted by molar-refractivity contribution is 6.31. The highest BCUT2D eigenvalue weighted by Gasteiger charge is 2.57. The van der Waals surface area contributed by atoms with Crippen LogP contribution >= 0.6 is 23.2 Å². The maximum absolute atomic E-state index is 13.7. The van der Waals surface area contributed by atoms with Gasteiger partial charge in [0.2, 0.25) is 0 Å². The van der Waals surface area contributed by atoms with Gasteiger partial charge in [0.05, 0.1) is 28.4 Å². The zero-order valence-corrected chi connectivity index (χ0v) is 23.7. The van der Waals surface area contributed by atoms with Gasteiger partial charge in [-0.15, -0.1) is 0 Å². The molecule has 1 atom stereocenters. The summed E-state index contributed by atoms with van der Waals surface area (Å²) in [6.07, 6.45) is -0.0144. The largest absolute Gasteiger partial charge is 0.484 e. The molecule has 2 amide bonds. The van der Waals surface area contributed by atoms with Crippen molar-refractivity contribution in [2.45, 2.75) is 62.1 Å². The number of hydrogen-bond donors (Lipinski definition) is 3. The van der Waals surface area contributed by atoms with E-state index in [9.17, 15) is 28.0 Å². The van der Waals surface area contributed by atoms with Crippen molar-refractivity contribution in [1.82, 2.24) is 10.6 Å². The molecule has 0 saturated heterocycles. The number of amides is 2. The Kier molecular flexibility index (Phi) is 9.78. The number of carboxylic acids is 1. The summed E-state index contributed by atoms with van der Waals surface area (Å²) in [5.74, 6) is -4.13. The number of benzene rings is 2. The van der Waals surface area contributed by atoms with Crippen LogP contribution < -0.4 is 20.1 Å². The van der Waals surface area contributed by atoms with E-state index < -0.39 is 72.2 Å². The molecule has 0 aromatic heterocycles. The van der Waals surface area contributed by atoms with E-state index in [2.05, 4.69) is 10.6 Å². The number of hydrogen-bond acceptors (Lipinski definition) is 7. The van der Waals surface area contributed by atoms with Crippen molar-refractivity contribution in [2.24, 2.45) is 0 Å². The number of esters is 1. The summed E-state index contributed by atoms with van der Waals surface area (Å²) in [4.78, 5) is 49.1. The summed E-state index contributed by atoms with van der Waals surface area (Å²) in [5, 5.41) is 14.6. The third kappa shape index (κ3) is 7.80. The Balaban J connectivity index is 1.41. The molecule has 2 bridgehead atoms. The molecule has 10 nitrogen and oxygen atoms in total. The van der Waals surface area contributed by atoms with Crippen molar-refractivity contribution < 1.29 is 47.3 Å². The molecule has 3 N–H and O–H groups in total. The minimum atomic E-state index is -1.17.